The van der Waals surface area contributed by atoms with Crippen LogP contribution in [-0.2, 0) is 9.84 Å². The van der Waals surface area contributed by atoms with Crippen molar-refractivity contribution >= 4 is 15.6 Å². The zero-order valence-corrected chi connectivity index (χ0v) is 23.3. The maximum absolute atomic E-state index is 12.7. The molecule has 0 atom stereocenters. The van der Waals surface area contributed by atoms with Crippen LogP contribution in [0, 0.1) is 0 Å². The van der Waals surface area contributed by atoms with Crippen molar-refractivity contribution in [3.8, 4) is 0 Å². The quantitative estimate of drug-likeness (QED) is 0.161. The molecule has 200 valence electrons. The number of piperazine rings is 1. The highest BCUT2D eigenvalue weighted by atomic mass is 32.2. The summed E-state index contributed by atoms with van der Waals surface area (Å²) in [5.41, 5.74) is 0.597. The maximum atomic E-state index is 12.7. The molecule has 1 aliphatic rings. The van der Waals surface area contributed by atoms with Crippen molar-refractivity contribution in [2.24, 2.45) is 0 Å². The van der Waals surface area contributed by atoms with Gasteiger partial charge >= 0.3 is 0 Å². The molecule has 0 amide bonds. The summed E-state index contributed by atoms with van der Waals surface area (Å²) >= 11 is 0. The summed E-state index contributed by atoms with van der Waals surface area (Å²) in [6.45, 7) is 6.41. The molecule has 6 heteroatoms. The molecule has 1 fully saturated rings. The molecule has 35 heavy (non-hydrogen) atoms. The summed E-state index contributed by atoms with van der Waals surface area (Å²) in [4.78, 5) is 17.3. The lowest BCUT2D eigenvalue weighted by molar-refractivity contribution is 0.0876. The Bertz CT molecular complexity index is 800. The number of rotatable bonds is 19. The van der Waals surface area contributed by atoms with E-state index in [2.05, 4.69) is 23.8 Å². The number of hydrogen-bond acceptors (Lipinski definition) is 5. The van der Waals surface area contributed by atoms with E-state index >= 15 is 0 Å². The van der Waals surface area contributed by atoms with Crippen LogP contribution in [-0.4, -0.2) is 69.5 Å². The molecule has 1 aliphatic heterocycles. The van der Waals surface area contributed by atoms with Crippen LogP contribution in [0.15, 0.2) is 29.2 Å². The molecule has 0 saturated carbocycles. The molecular formula is C29H50N2O3S. The molecule has 0 N–H and O–H groups in total. The zero-order chi connectivity index (χ0) is 25.4. The van der Waals surface area contributed by atoms with Crippen LogP contribution < -0.4 is 0 Å². The first-order valence-electron chi connectivity index (χ1n) is 14.2. The standard InChI is InChI=1S/C29H50N2O3S/c1-3-4-5-6-7-8-9-10-11-12-13-14-15-16-25-35(33,34)28-19-17-27(18-20-28)29(32)26-31-23-21-30(2)22-24-31/h17-20H,3-16,21-26H2,1-2H3. The molecule has 1 aromatic carbocycles. The molecule has 1 heterocycles. The van der Waals surface area contributed by atoms with Crippen LogP contribution in [0.3, 0.4) is 0 Å². The number of unbranched alkanes of at least 4 members (excludes halogenated alkanes) is 13. The Morgan fingerprint density at radius 2 is 1.17 bits per heavy atom. The van der Waals surface area contributed by atoms with Gasteiger partial charge in [0.2, 0.25) is 0 Å². The van der Waals surface area contributed by atoms with Gasteiger partial charge in [0.25, 0.3) is 0 Å². The predicted molar refractivity (Wildman–Crippen MR) is 147 cm³/mol. The summed E-state index contributed by atoms with van der Waals surface area (Å²) in [5.74, 6) is 0.255. The van der Waals surface area contributed by atoms with Gasteiger partial charge in [-0.25, -0.2) is 8.42 Å². The summed E-state index contributed by atoms with van der Waals surface area (Å²) in [6.07, 6.45) is 17.6. The van der Waals surface area contributed by atoms with E-state index in [0.29, 0.717) is 23.4 Å². The van der Waals surface area contributed by atoms with Gasteiger partial charge < -0.3 is 4.90 Å². The second-order valence-corrected chi connectivity index (χ2v) is 12.6. The highest BCUT2D eigenvalue weighted by Crippen LogP contribution is 2.17. The Morgan fingerprint density at radius 3 is 1.66 bits per heavy atom. The lowest BCUT2D eigenvalue weighted by Gasteiger charge is -2.31. The molecule has 1 aromatic rings. The smallest absolute Gasteiger partial charge is 0.178 e. The van der Waals surface area contributed by atoms with Crippen LogP contribution >= 0.6 is 0 Å². The number of carbonyl (C=O) groups excluding carboxylic acids is 1. The van der Waals surface area contributed by atoms with E-state index in [-0.39, 0.29) is 11.5 Å². The molecule has 5 nitrogen and oxygen atoms in total. The van der Waals surface area contributed by atoms with Gasteiger partial charge in [-0.2, -0.15) is 0 Å². The third-order valence-electron chi connectivity index (χ3n) is 7.27. The average Bonchev–Trinajstić information content (AvgIpc) is 2.85. The number of ketones is 1. The van der Waals surface area contributed by atoms with Gasteiger partial charge in [-0.3, -0.25) is 9.69 Å². The summed E-state index contributed by atoms with van der Waals surface area (Å²) < 4.78 is 25.4. The van der Waals surface area contributed by atoms with Gasteiger partial charge in [-0.15, -0.1) is 0 Å². The van der Waals surface area contributed by atoms with Crippen LogP contribution in [0.5, 0.6) is 0 Å². The lowest BCUT2D eigenvalue weighted by Crippen LogP contribution is -2.46. The van der Waals surface area contributed by atoms with Crippen LogP contribution in [0.4, 0.5) is 0 Å². The first kappa shape index (κ1) is 30.0. The molecule has 1 saturated heterocycles. The summed E-state index contributed by atoms with van der Waals surface area (Å²) in [7, 11) is -1.19. The van der Waals surface area contributed by atoms with E-state index in [1.54, 1.807) is 24.3 Å². The van der Waals surface area contributed by atoms with Crippen molar-refractivity contribution in [1.82, 2.24) is 9.80 Å². The highest BCUT2D eigenvalue weighted by molar-refractivity contribution is 7.91. The van der Waals surface area contributed by atoms with E-state index in [9.17, 15) is 13.2 Å². The van der Waals surface area contributed by atoms with Gasteiger partial charge in [-0.1, -0.05) is 103 Å². The normalized spacial score (nSPS) is 15.5. The number of likely N-dealkylation sites (N-methyl/N-ethyl adjacent to an activating group) is 1. The number of hydrogen-bond donors (Lipinski definition) is 0. The van der Waals surface area contributed by atoms with Crippen LogP contribution in [0.1, 0.15) is 107 Å². The monoisotopic (exact) mass is 506 g/mol. The summed E-state index contributed by atoms with van der Waals surface area (Å²) in [5, 5.41) is 0. The number of benzene rings is 1. The van der Waals surface area contributed by atoms with Gasteiger partial charge in [0.1, 0.15) is 0 Å². The van der Waals surface area contributed by atoms with Crippen molar-refractivity contribution < 1.29 is 13.2 Å². The average molecular weight is 507 g/mol. The molecule has 0 spiro atoms. The SMILES string of the molecule is CCCCCCCCCCCCCCCCS(=O)(=O)c1ccc(C(=O)CN2CCN(C)CC2)cc1. The topological polar surface area (TPSA) is 57.7 Å². The molecule has 0 aliphatic carbocycles. The Morgan fingerprint density at radius 1 is 0.714 bits per heavy atom. The van der Waals surface area contributed by atoms with Crippen molar-refractivity contribution in [2.45, 2.75) is 102 Å². The first-order valence-corrected chi connectivity index (χ1v) is 15.8. The molecule has 0 radical (unpaired) electrons. The second-order valence-electron chi connectivity index (χ2n) is 10.4. The fourth-order valence-electron chi connectivity index (χ4n) is 4.75. The second kappa shape index (κ2) is 17.3. The van der Waals surface area contributed by atoms with Crippen molar-refractivity contribution in [1.29, 1.82) is 0 Å². The van der Waals surface area contributed by atoms with Crippen LogP contribution in [0.25, 0.3) is 0 Å². The lowest BCUT2D eigenvalue weighted by atomic mass is 10.0. The number of carbonyl (C=O) groups is 1. The predicted octanol–water partition coefficient (Wildman–Crippen LogP) is 6.37. The minimum Gasteiger partial charge on any atom is -0.304 e. The van der Waals surface area contributed by atoms with E-state index in [4.69, 9.17) is 0 Å². The largest absolute Gasteiger partial charge is 0.304 e. The Kier molecular flexibility index (Phi) is 14.8. The molecule has 2 rings (SSSR count). The molecule has 0 unspecified atom stereocenters. The third kappa shape index (κ3) is 12.5. The minimum absolute atomic E-state index is 0.0606. The van der Waals surface area contributed by atoms with E-state index in [1.807, 2.05) is 0 Å². The number of Topliss-reactive ketones (excluding diaryl/α,β-unsaturated/α-hetero) is 1. The Labute approximate surface area is 215 Å². The molecule has 0 bridgehead atoms. The molecular weight excluding hydrogens is 456 g/mol. The fraction of sp³-hybridized carbons (Fsp3) is 0.759. The van der Waals surface area contributed by atoms with Crippen molar-refractivity contribution in [2.75, 3.05) is 45.5 Å². The number of sulfone groups is 1. The molecule has 0 aromatic heterocycles. The van der Waals surface area contributed by atoms with Crippen molar-refractivity contribution in [3.05, 3.63) is 29.8 Å². The van der Waals surface area contributed by atoms with Crippen LogP contribution in [0.2, 0.25) is 0 Å². The first-order chi connectivity index (χ1) is 16.9. The van der Waals surface area contributed by atoms with E-state index in [0.717, 1.165) is 39.0 Å². The van der Waals surface area contributed by atoms with E-state index < -0.39 is 9.84 Å². The minimum atomic E-state index is -3.28. The maximum Gasteiger partial charge on any atom is 0.178 e. The van der Waals surface area contributed by atoms with Gasteiger partial charge in [0.15, 0.2) is 15.6 Å². The third-order valence-corrected chi connectivity index (χ3v) is 9.08. The Balaban J connectivity index is 1.55. The Hall–Kier alpha value is -1.24. The zero-order valence-electron chi connectivity index (χ0n) is 22.5. The van der Waals surface area contributed by atoms with Gasteiger partial charge in [0.05, 0.1) is 17.2 Å². The van der Waals surface area contributed by atoms with E-state index in [1.165, 1.54) is 70.6 Å². The summed E-state index contributed by atoms with van der Waals surface area (Å²) in [6, 6.07) is 6.57. The fourth-order valence-corrected chi connectivity index (χ4v) is 6.12. The van der Waals surface area contributed by atoms with Crippen molar-refractivity contribution in [3.63, 3.8) is 0 Å². The number of nitrogens with zero attached hydrogens (tertiary/aromatic N) is 2. The van der Waals surface area contributed by atoms with Gasteiger partial charge in [0, 0.05) is 31.7 Å². The van der Waals surface area contributed by atoms with Gasteiger partial charge in [-0.05, 0) is 25.6 Å². The highest BCUT2D eigenvalue weighted by Gasteiger charge is 2.19.